The molecular weight excluding hydrogens is 600 g/mol. The van der Waals surface area contributed by atoms with Crippen LogP contribution in [0, 0.1) is 17.5 Å². The van der Waals surface area contributed by atoms with Gasteiger partial charge in [-0.1, -0.05) is 32.9 Å². The maximum Gasteiger partial charge on any atom is 0.267 e. The highest BCUT2D eigenvalue weighted by Gasteiger charge is 2.28. The van der Waals surface area contributed by atoms with E-state index in [2.05, 4.69) is 20.3 Å². The summed E-state index contributed by atoms with van der Waals surface area (Å²) >= 11 is 1.25. The van der Waals surface area contributed by atoms with Crippen LogP contribution < -0.4 is 10.0 Å². The Balaban J connectivity index is 1.78. The van der Waals surface area contributed by atoms with Crippen molar-refractivity contribution in [3.8, 4) is 21.8 Å². The van der Waals surface area contributed by atoms with Gasteiger partial charge in [-0.25, -0.2) is 45.0 Å². The molecule has 0 spiro atoms. The van der Waals surface area contributed by atoms with Gasteiger partial charge in [-0.05, 0) is 30.3 Å². The van der Waals surface area contributed by atoms with Crippen LogP contribution in [0.5, 0.6) is 0 Å². The zero-order valence-electron chi connectivity index (χ0n) is 22.4. The highest BCUT2D eigenvalue weighted by molar-refractivity contribution is 7.92. The summed E-state index contributed by atoms with van der Waals surface area (Å²) in [4.78, 5) is 12.4. The van der Waals surface area contributed by atoms with Crippen molar-refractivity contribution in [2.24, 2.45) is 0 Å². The van der Waals surface area contributed by atoms with E-state index < -0.39 is 53.3 Å². The fraction of sp³-hybridized carbons (Fsp3) is 0.269. The van der Waals surface area contributed by atoms with E-state index in [0.29, 0.717) is 15.6 Å². The lowest BCUT2D eigenvalue weighted by atomic mass is 9.98. The maximum absolute atomic E-state index is 15.9. The van der Waals surface area contributed by atoms with Gasteiger partial charge in [0.2, 0.25) is 5.95 Å². The first-order chi connectivity index (χ1) is 19.1. The molecule has 2 N–H and O–H groups in total. The highest BCUT2D eigenvalue weighted by Crippen LogP contribution is 2.42. The largest absolute Gasteiger partial charge is 0.353 e. The normalized spacial score (nSPS) is 12.4. The smallest absolute Gasteiger partial charge is 0.267 e. The molecule has 0 fully saturated rings. The summed E-state index contributed by atoms with van der Waals surface area (Å²) in [7, 11) is -8.05. The molecule has 4 rings (SSSR count). The number of aromatic nitrogens is 3. The molecule has 0 aliphatic rings. The first-order valence-electron chi connectivity index (χ1n) is 12.1. The number of hydrogen-bond acceptors (Lipinski definition) is 9. The molecule has 0 saturated carbocycles. The van der Waals surface area contributed by atoms with Crippen molar-refractivity contribution >= 4 is 42.8 Å². The number of thiazole rings is 1. The lowest BCUT2D eigenvalue weighted by molar-refractivity contribution is 0.521. The van der Waals surface area contributed by atoms with Gasteiger partial charge in [-0.15, -0.1) is 11.3 Å². The average Bonchev–Trinajstić information content (AvgIpc) is 3.30. The monoisotopic (exact) mass is 625 g/mol. The topological polar surface area (TPSA) is 131 Å². The number of nitrogens with one attached hydrogen (secondary N) is 2. The summed E-state index contributed by atoms with van der Waals surface area (Å²) in [6.45, 7) is 5.83. The number of anilines is 2. The molecule has 15 heteroatoms. The second kappa shape index (κ2) is 11.4. The molecule has 0 saturated heterocycles. The molecule has 0 unspecified atom stereocenters. The van der Waals surface area contributed by atoms with Crippen LogP contribution in [-0.4, -0.2) is 50.3 Å². The minimum Gasteiger partial charge on any atom is -0.353 e. The third-order valence-electron chi connectivity index (χ3n) is 5.60. The van der Waals surface area contributed by atoms with Gasteiger partial charge < -0.3 is 5.32 Å². The minimum atomic E-state index is -4.83. The summed E-state index contributed by atoms with van der Waals surface area (Å²) in [5.41, 5.74) is -0.530. The van der Waals surface area contributed by atoms with Crippen molar-refractivity contribution in [1.29, 1.82) is 0 Å². The third kappa shape index (κ3) is 7.02. The quantitative estimate of drug-likeness (QED) is 0.258. The zero-order chi connectivity index (χ0) is 30.2. The van der Waals surface area contributed by atoms with Crippen molar-refractivity contribution in [3.05, 3.63) is 71.1 Å². The van der Waals surface area contributed by atoms with Crippen molar-refractivity contribution in [2.45, 2.75) is 31.1 Å². The number of nitrogens with zero attached hydrogens (tertiary/aromatic N) is 3. The SMILES string of the molecule is CC(C)(C)c1nc(-c2cccc(NS(=O)(=O)c3c(F)cccc3F)c2F)c(-c2ccnc(NCCS(C)(=O)=O)n2)s1. The van der Waals surface area contributed by atoms with Gasteiger partial charge in [0.15, 0.2) is 10.7 Å². The molecule has 2 aromatic carbocycles. The molecule has 0 atom stereocenters. The molecule has 218 valence electrons. The van der Waals surface area contributed by atoms with Crippen LogP contribution in [0.3, 0.4) is 0 Å². The first kappa shape index (κ1) is 30.4. The van der Waals surface area contributed by atoms with Crippen LogP contribution in [0.2, 0.25) is 0 Å². The van der Waals surface area contributed by atoms with Crippen LogP contribution in [0.15, 0.2) is 53.6 Å². The summed E-state index contributed by atoms with van der Waals surface area (Å²) in [6.07, 6.45) is 2.56. The Hall–Kier alpha value is -3.56. The first-order valence-corrected chi connectivity index (χ1v) is 16.4. The van der Waals surface area contributed by atoms with E-state index in [1.54, 1.807) is 6.07 Å². The summed E-state index contributed by atoms with van der Waals surface area (Å²) < 4.78 is 94.8. The standard InChI is InChI=1S/C26H26F3N5O4S3/c1-26(2,3)24-33-21(22(39-24)19-11-12-30-25(32-19)31-13-14-40(4,35)36)15-7-5-10-18(20(15)29)34-41(37,38)23-16(27)8-6-9-17(23)28/h5-12,34H,13-14H2,1-4H3,(H,30,31,32). The minimum absolute atomic E-state index is 0.0739. The van der Waals surface area contributed by atoms with E-state index in [0.717, 1.165) is 30.5 Å². The predicted molar refractivity (Wildman–Crippen MR) is 153 cm³/mol. The third-order valence-corrected chi connectivity index (χ3v) is 9.46. The molecule has 41 heavy (non-hydrogen) atoms. The second-order valence-electron chi connectivity index (χ2n) is 10.1. The Kier molecular flexibility index (Phi) is 8.43. The molecular formula is C26H26F3N5O4S3. The zero-order valence-corrected chi connectivity index (χ0v) is 24.8. The molecule has 2 aromatic heterocycles. The summed E-state index contributed by atoms with van der Waals surface area (Å²) in [6, 6.07) is 8.07. The van der Waals surface area contributed by atoms with Crippen LogP contribution in [-0.2, 0) is 25.3 Å². The number of halogens is 3. The van der Waals surface area contributed by atoms with Gasteiger partial charge in [-0.2, -0.15) is 0 Å². The Labute approximate surface area is 239 Å². The number of rotatable bonds is 9. The molecule has 0 bridgehead atoms. The lowest BCUT2D eigenvalue weighted by Crippen LogP contribution is -2.17. The Morgan fingerprint density at radius 3 is 2.22 bits per heavy atom. The van der Waals surface area contributed by atoms with E-state index in [1.165, 1.54) is 29.7 Å². The van der Waals surface area contributed by atoms with Gasteiger partial charge >= 0.3 is 0 Å². The van der Waals surface area contributed by atoms with Crippen molar-refractivity contribution in [3.63, 3.8) is 0 Å². The Bertz CT molecular complexity index is 1800. The Morgan fingerprint density at radius 2 is 1.59 bits per heavy atom. The number of sulfonamides is 1. The summed E-state index contributed by atoms with van der Waals surface area (Å²) in [5.74, 6) is -3.64. The summed E-state index contributed by atoms with van der Waals surface area (Å²) in [5, 5.41) is 3.48. The van der Waals surface area contributed by atoms with E-state index in [-0.39, 0.29) is 29.5 Å². The van der Waals surface area contributed by atoms with E-state index in [4.69, 9.17) is 0 Å². The molecule has 9 nitrogen and oxygen atoms in total. The van der Waals surface area contributed by atoms with Crippen LogP contribution in [0.4, 0.5) is 24.8 Å². The number of sulfone groups is 1. The average molecular weight is 626 g/mol. The van der Waals surface area contributed by atoms with E-state index >= 15 is 4.39 Å². The second-order valence-corrected chi connectivity index (χ2v) is 15.0. The fourth-order valence-corrected chi connectivity index (χ4v) is 6.42. The van der Waals surface area contributed by atoms with E-state index in [1.807, 2.05) is 25.5 Å². The van der Waals surface area contributed by atoms with Crippen LogP contribution >= 0.6 is 11.3 Å². The number of hydrogen-bond donors (Lipinski definition) is 2. The predicted octanol–water partition coefficient (Wildman–Crippen LogP) is 5.24. The highest BCUT2D eigenvalue weighted by atomic mass is 32.2. The molecule has 0 amide bonds. The molecule has 0 radical (unpaired) electrons. The van der Waals surface area contributed by atoms with Crippen molar-refractivity contribution in [2.75, 3.05) is 28.6 Å². The number of benzene rings is 2. The lowest BCUT2D eigenvalue weighted by Gasteiger charge is -2.14. The molecule has 2 heterocycles. The van der Waals surface area contributed by atoms with Gasteiger partial charge in [0, 0.05) is 30.0 Å². The van der Waals surface area contributed by atoms with E-state index in [9.17, 15) is 25.6 Å². The maximum atomic E-state index is 15.9. The van der Waals surface area contributed by atoms with Gasteiger partial charge in [0.1, 0.15) is 21.5 Å². The van der Waals surface area contributed by atoms with Crippen molar-refractivity contribution < 1.29 is 30.0 Å². The van der Waals surface area contributed by atoms with Gasteiger partial charge in [0.05, 0.1) is 32.7 Å². The van der Waals surface area contributed by atoms with Gasteiger partial charge in [0.25, 0.3) is 10.0 Å². The fourth-order valence-electron chi connectivity index (χ4n) is 3.64. The molecule has 0 aliphatic heterocycles. The van der Waals surface area contributed by atoms with Crippen molar-refractivity contribution in [1.82, 2.24) is 15.0 Å². The molecule has 0 aliphatic carbocycles. The molecule has 4 aromatic rings. The Morgan fingerprint density at radius 1 is 0.927 bits per heavy atom. The van der Waals surface area contributed by atoms with Gasteiger partial charge in [-0.3, -0.25) is 4.72 Å². The van der Waals surface area contributed by atoms with Crippen LogP contribution in [0.25, 0.3) is 21.8 Å². The van der Waals surface area contributed by atoms with Crippen LogP contribution in [0.1, 0.15) is 25.8 Å².